The van der Waals surface area contributed by atoms with E-state index >= 15 is 0 Å². The van der Waals surface area contributed by atoms with Crippen molar-refractivity contribution in [3.8, 4) is 0 Å². The predicted molar refractivity (Wildman–Crippen MR) is 112 cm³/mol. The quantitative estimate of drug-likeness (QED) is 0.632. The zero-order valence-electron chi connectivity index (χ0n) is 17.1. The van der Waals surface area contributed by atoms with Gasteiger partial charge in [0, 0.05) is 24.1 Å². The molecule has 2 aromatic carbocycles. The Kier molecular flexibility index (Phi) is 7.53. The third-order valence-corrected chi connectivity index (χ3v) is 4.34. The van der Waals surface area contributed by atoms with Crippen LogP contribution in [0.4, 0.5) is 0 Å². The Labute approximate surface area is 171 Å². The summed E-state index contributed by atoms with van der Waals surface area (Å²) in [6, 6.07) is 15.3. The van der Waals surface area contributed by atoms with Gasteiger partial charge in [0.05, 0.1) is 6.04 Å². The molecule has 2 rings (SSSR count). The summed E-state index contributed by atoms with van der Waals surface area (Å²) in [6.45, 7) is 6.66. The standard InChI is InChI=1S/C23H28N2O4/c1-23(2,3)15-24-21(28)17-9-11-18(12-10-17)22(29)25-19(13-14-20(26)27)16-7-5-4-6-8-16/h4-12,19H,13-15H2,1-3H3,(H,24,28)(H,25,29)(H,26,27). The summed E-state index contributed by atoms with van der Waals surface area (Å²) in [4.78, 5) is 35.8. The minimum absolute atomic E-state index is 0.0160. The number of aliphatic carboxylic acids is 1. The predicted octanol–water partition coefficient (Wildman–Crippen LogP) is 3.80. The molecule has 2 amide bonds. The summed E-state index contributed by atoms with van der Waals surface area (Å²) in [7, 11) is 0. The number of carboxylic acids is 1. The molecule has 1 unspecified atom stereocenters. The van der Waals surface area contributed by atoms with E-state index in [0.717, 1.165) is 5.56 Å². The molecule has 0 aliphatic heterocycles. The van der Waals surface area contributed by atoms with Crippen LogP contribution in [0.15, 0.2) is 54.6 Å². The molecule has 0 spiro atoms. The first-order valence-electron chi connectivity index (χ1n) is 9.61. The van der Waals surface area contributed by atoms with E-state index in [2.05, 4.69) is 10.6 Å². The minimum Gasteiger partial charge on any atom is -0.481 e. The topological polar surface area (TPSA) is 95.5 Å². The normalized spacial score (nSPS) is 12.1. The number of rotatable bonds is 8. The molecular weight excluding hydrogens is 368 g/mol. The van der Waals surface area contributed by atoms with Crippen LogP contribution in [0.25, 0.3) is 0 Å². The maximum absolute atomic E-state index is 12.7. The molecule has 0 saturated heterocycles. The second kappa shape index (κ2) is 9.87. The van der Waals surface area contributed by atoms with Crippen molar-refractivity contribution >= 4 is 17.8 Å². The van der Waals surface area contributed by atoms with Crippen LogP contribution in [0, 0.1) is 5.41 Å². The molecule has 0 bridgehead atoms. The molecule has 0 saturated carbocycles. The monoisotopic (exact) mass is 396 g/mol. The van der Waals surface area contributed by atoms with Gasteiger partial charge in [-0.15, -0.1) is 0 Å². The maximum atomic E-state index is 12.7. The third kappa shape index (κ3) is 7.41. The summed E-state index contributed by atoms with van der Waals surface area (Å²) in [6.07, 6.45) is 0.241. The third-order valence-electron chi connectivity index (χ3n) is 4.34. The van der Waals surface area contributed by atoms with Crippen molar-refractivity contribution in [3.05, 3.63) is 71.3 Å². The summed E-state index contributed by atoms with van der Waals surface area (Å²) in [5.41, 5.74) is 1.72. The second-order valence-electron chi connectivity index (χ2n) is 8.19. The van der Waals surface area contributed by atoms with Gasteiger partial charge in [0.1, 0.15) is 0 Å². The molecule has 6 heteroatoms. The van der Waals surface area contributed by atoms with Crippen molar-refractivity contribution in [1.29, 1.82) is 0 Å². The van der Waals surface area contributed by atoms with E-state index in [1.54, 1.807) is 24.3 Å². The molecule has 0 heterocycles. The lowest BCUT2D eigenvalue weighted by Crippen LogP contribution is -2.32. The average Bonchev–Trinajstić information content (AvgIpc) is 2.69. The highest BCUT2D eigenvalue weighted by Gasteiger charge is 2.18. The van der Waals surface area contributed by atoms with Gasteiger partial charge in [0.15, 0.2) is 0 Å². The van der Waals surface area contributed by atoms with E-state index in [9.17, 15) is 14.4 Å². The maximum Gasteiger partial charge on any atom is 0.303 e. The molecule has 0 radical (unpaired) electrons. The van der Waals surface area contributed by atoms with Crippen LogP contribution < -0.4 is 10.6 Å². The SMILES string of the molecule is CC(C)(C)CNC(=O)c1ccc(C(=O)NC(CCC(=O)O)c2ccccc2)cc1. The highest BCUT2D eigenvalue weighted by atomic mass is 16.4. The summed E-state index contributed by atoms with van der Waals surface area (Å²) in [5, 5.41) is 14.8. The van der Waals surface area contributed by atoms with Crippen molar-refractivity contribution in [1.82, 2.24) is 10.6 Å². The fraction of sp³-hybridized carbons (Fsp3) is 0.348. The van der Waals surface area contributed by atoms with E-state index in [1.165, 1.54) is 0 Å². The van der Waals surface area contributed by atoms with Gasteiger partial charge in [-0.25, -0.2) is 0 Å². The fourth-order valence-corrected chi connectivity index (χ4v) is 2.74. The van der Waals surface area contributed by atoms with Gasteiger partial charge in [-0.3, -0.25) is 14.4 Å². The molecule has 3 N–H and O–H groups in total. The van der Waals surface area contributed by atoms with Crippen molar-refractivity contribution in [2.45, 2.75) is 39.7 Å². The summed E-state index contributed by atoms with van der Waals surface area (Å²) >= 11 is 0. The molecule has 0 fully saturated rings. The van der Waals surface area contributed by atoms with Crippen LogP contribution in [-0.4, -0.2) is 29.4 Å². The molecule has 0 aliphatic carbocycles. The largest absolute Gasteiger partial charge is 0.481 e. The van der Waals surface area contributed by atoms with Crippen LogP contribution >= 0.6 is 0 Å². The first kappa shape index (κ1) is 22.1. The number of carbonyl (C=O) groups is 3. The Hall–Kier alpha value is -3.15. The Morgan fingerprint density at radius 3 is 1.97 bits per heavy atom. The average molecular weight is 396 g/mol. The Morgan fingerprint density at radius 1 is 0.897 bits per heavy atom. The number of nitrogens with one attached hydrogen (secondary N) is 2. The Bertz CT molecular complexity index is 839. The van der Waals surface area contributed by atoms with Crippen molar-refractivity contribution in [3.63, 3.8) is 0 Å². The zero-order valence-corrected chi connectivity index (χ0v) is 17.1. The Balaban J connectivity index is 2.05. The molecule has 0 aliphatic rings. The lowest BCUT2D eigenvalue weighted by Gasteiger charge is -2.19. The van der Waals surface area contributed by atoms with E-state index in [0.29, 0.717) is 24.1 Å². The number of benzene rings is 2. The van der Waals surface area contributed by atoms with Crippen LogP contribution in [0.5, 0.6) is 0 Å². The molecular formula is C23H28N2O4. The van der Waals surface area contributed by atoms with Crippen LogP contribution in [0.2, 0.25) is 0 Å². The van der Waals surface area contributed by atoms with Crippen molar-refractivity contribution in [2.24, 2.45) is 5.41 Å². The highest BCUT2D eigenvalue weighted by molar-refractivity contribution is 5.98. The minimum atomic E-state index is -0.911. The van der Waals surface area contributed by atoms with E-state index in [1.807, 2.05) is 51.1 Å². The zero-order chi connectivity index (χ0) is 21.4. The Morgan fingerprint density at radius 2 is 1.45 bits per heavy atom. The fourth-order valence-electron chi connectivity index (χ4n) is 2.74. The number of hydrogen-bond donors (Lipinski definition) is 3. The second-order valence-corrected chi connectivity index (χ2v) is 8.19. The summed E-state index contributed by atoms with van der Waals surface area (Å²) < 4.78 is 0. The molecule has 0 aromatic heterocycles. The lowest BCUT2D eigenvalue weighted by atomic mass is 9.97. The van der Waals surface area contributed by atoms with Gasteiger partial charge in [-0.2, -0.15) is 0 Å². The highest BCUT2D eigenvalue weighted by Crippen LogP contribution is 2.19. The number of amides is 2. The molecule has 2 aromatic rings. The van der Waals surface area contributed by atoms with Crippen LogP contribution in [0.3, 0.4) is 0 Å². The first-order valence-corrected chi connectivity index (χ1v) is 9.61. The number of carboxylic acid groups (broad SMARTS) is 1. The van der Waals surface area contributed by atoms with Gasteiger partial charge in [0.2, 0.25) is 0 Å². The number of hydrogen-bond acceptors (Lipinski definition) is 3. The van der Waals surface area contributed by atoms with E-state index in [4.69, 9.17) is 5.11 Å². The van der Waals surface area contributed by atoms with Gasteiger partial charge in [0.25, 0.3) is 11.8 Å². The molecule has 29 heavy (non-hydrogen) atoms. The van der Waals surface area contributed by atoms with Gasteiger partial charge in [-0.05, 0) is 41.7 Å². The van der Waals surface area contributed by atoms with E-state index < -0.39 is 12.0 Å². The van der Waals surface area contributed by atoms with Gasteiger partial charge < -0.3 is 15.7 Å². The summed E-state index contributed by atoms with van der Waals surface area (Å²) in [5.74, 6) is -1.41. The lowest BCUT2D eigenvalue weighted by molar-refractivity contribution is -0.137. The van der Waals surface area contributed by atoms with Crippen molar-refractivity contribution in [2.75, 3.05) is 6.54 Å². The van der Waals surface area contributed by atoms with Gasteiger partial charge in [-0.1, -0.05) is 51.1 Å². The smallest absolute Gasteiger partial charge is 0.303 e. The van der Waals surface area contributed by atoms with Gasteiger partial charge >= 0.3 is 5.97 Å². The first-order chi connectivity index (χ1) is 13.7. The van der Waals surface area contributed by atoms with Crippen LogP contribution in [0.1, 0.15) is 65.9 Å². The van der Waals surface area contributed by atoms with Crippen LogP contribution in [-0.2, 0) is 4.79 Å². The molecule has 6 nitrogen and oxygen atoms in total. The molecule has 1 atom stereocenters. The van der Waals surface area contributed by atoms with E-state index in [-0.39, 0.29) is 23.7 Å². The molecule has 154 valence electrons. The number of carbonyl (C=O) groups excluding carboxylic acids is 2. The van der Waals surface area contributed by atoms with Crippen molar-refractivity contribution < 1.29 is 19.5 Å².